The van der Waals surface area contributed by atoms with Gasteiger partial charge in [-0.3, -0.25) is 9.69 Å². The maximum atomic E-state index is 11.9. The topological polar surface area (TPSA) is 74.7 Å². The Labute approximate surface area is 194 Å². The largest absolute Gasteiger partial charge is 0.392 e. The number of para-hydroxylation sites is 1. The molecule has 6 nitrogen and oxygen atoms in total. The van der Waals surface area contributed by atoms with Gasteiger partial charge in [0.05, 0.1) is 16.8 Å². The van der Waals surface area contributed by atoms with Crippen LogP contribution in [-0.2, 0) is 13.0 Å². The summed E-state index contributed by atoms with van der Waals surface area (Å²) < 4.78 is 1.92. The quantitative estimate of drug-likeness (QED) is 0.546. The number of aromatic nitrogens is 1. The van der Waals surface area contributed by atoms with Crippen molar-refractivity contribution in [3.63, 3.8) is 0 Å². The molecule has 4 rings (SSSR count). The second kappa shape index (κ2) is 9.94. The van der Waals surface area contributed by atoms with Crippen molar-refractivity contribution < 1.29 is 9.90 Å². The van der Waals surface area contributed by atoms with E-state index < -0.39 is 12.0 Å². The minimum atomic E-state index is -0.476. The lowest BCUT2D eigenvalue weighted by molar-refractivity contribution is 0.0952. The van der Waals surface area contributed by atoms with Crippen LogP contribution in [0.2, 0.25) is 5.02 Å². The minimum Gasteiger partial charge on any atom is -0.392 e. The van der Waals surface area contributed by atoms with Crippen molar-refractivity contribution in [3.8, 4) is 0 Å². The lowest BCUT2D eigenvalue weighted by Gasteiger charge is -2.37. The maximum Gasteiger partial charge on any atom is 0.265 e. The number of benzene rings is 2. The Morgan fingerprint density at radius 1 is 1.12 bits per heavy atom. The summed E-state index contributed by atoms with van der Waals surface area (Å²) >= 11 is 6.60. The van der Waals surface area contributed by atoms with Crippen LogP contribution in [0.4, 0.5) is 5.69 Å². The summed E-state index contributed by atoms with van der Waals surface area (Å²) in [5.74, 6) is -0.447. The number of anilines is 1. The van der Waals surface area contributed by atoms with Gasteiger partial charge in [-0.05, 0) is 36.6 Å². The fraction of sp³-hybridized carbons (Fsp3) is 0.400. The monoisotopic (exact) mass is 454 g/mol. The Morgan fingerprint density at radius 3 is 2.59 bits per heavy atom. The van der Waals surface area contributed by atoms with Crippen LogP contribution >= 0.6 is 11.6 Å². The third-order valence-corrected chi connectivity index (χ3v) is 6.81. The summed E-state index contributed by atoms with van der Waals surface area (Å²) in [4.78, 5) is 16.5. The smallest absolute Gasteiger partial charge is 0.265 e. The third-order valence-electron chi connectivity index (χ3n) is 6.37. The van der Waals surface area contributed by atoms with E-state index in [9.17, 15) is 9.90 Å². The predicted octanol–water partition coefficient (Wildman–Crippen LogP) is 3.53. The van der Waals surface area contributed by atoms with Gasteiger partial charge in [0, 0.05) is 50.2 Å². The van der Waals surface area contributed by atoms with Gasteiger partial charge in [0.2, 0.25) is 0 Å². The average Bonchev–Trinajstić information content (AvgIpc) is 3.17. The molecule has 170 valence electrons. The highest BCUT2D eigenvalue weighted by atomic mass is 35.5. The molecule has 3 aromatic rings. The van der Waals surface area contributed by atoms with E-state index in [-0.39, 0.29) is 0 Å². The van der Waals surface area contributed by atoms with E-state index in [1.165, 1.54) is 5.56 Å². The second-order valence-electron chi connectivity index (χ2n) is 8.44. The highest BCUT2D eigenvalue weighted by Crippen LogP contribution is 2.30. The standard InChI is InChI=1S/C25H31ClN4O2/c1-2-18-7-5-9-22(24(18)26)29-14-12-28(13-15-29)17-20(31)10-11-30-21-8-4-3-6-19(21)16-23(30)25(27)32/h3-9,16,20,31H,2,10-15,17H2,1H3,(H2,27,32). The first kappa shape index (κ1) is 22.6. The number of piperazine rings is 1. The van der Waals surface area contributed by atoms with E-state index in [1.54, 1.807) is 0 Å². The number of aliphatic hydroxyl groups excluding tert-OH is 1. The molecule has 0 bridgehead atoms. The third kappa shape index (κ3) is 4.77. The number of carbonyl (C=O) groups is 1. The number of aliphatic hydroxyl groups is 1. The Hall–Kier alpha value is -2.54. The van der Waals surface area contributed by atoms with Crippen molar-refractivity contribution in [3.05, 3.63) is 64.8 Å². The molecule has 0 spiro atoms. The van der Waals surface area contributed by atoms with Gasteiger partial charge in [-0.2, -0.15) is 0 Å². The van der Waals surface area contributed by atoms with Crippen molar-refractivity contribution >= 4 is 34.1 Å². The minimum absolute atomic E-state index is 0.447. The van der Waals surface area contributed by atoms with Crippen LogP contribution in [0.1, 0.15) is 29.4 Å². The van der Waals surface area contributed by atoms with Crippen LogP contribution in [0.15, 0.2) is 48.5 Å². The molecule has 7 heteroatoms. The van der Waals surface area contributed by atoms with Crippen molar-refractivity contribution in [2.75, 3.05) is 37.6 Å². The lowest BCUT2D eigenvalue weighted by atomic mass is 10.1. The van der Waals surface area contributed by atoms with Crippen molar-refractivity contribution in [2.24, 2.45) is 5.73 Å². The van der Waals surface area contributed by atoms with Crippen LogP contribution in [0.5, 0.6) is 0 Å². The molecule has 1 unspecified atom stereocenters. The fourth-order valence-corrected chi connectivity index (χ4v) is 4.96. The van der Waals surface area contributed by atoms with Gasteiger partial charge in [-0.1, -0.05) is 48.9 Å². The number of hydrogen-bond donors (Lipinski definition) is 2. The number of nitrogens with zero attached hydrogens (tertiary/aromatic N) is 3. The van der Waals surface area contributed by atoms with Crippen LogP contribution in [0, 0.1) is 0 Å². The zero-order valence-electron chi connectivity index (χ0n) is 18.5. The number of fused-ring (bicyclic) bond motifs is 1. The number of β-amino-alcohol motifs (C(OH)–C–C–N with tert-alkyl or cyclic N) is 1. The van der Waals surface area contributed by atoms with Gasteiger partial charge >= 0.3 is 0 Å². The van der Waals surface area contributed by atoms with Gasteiger partial charge in [0.1, 0.15) is 5.69 Å². The summed E-state index contributed by atoms with van der Waals surface area (Å²) in [6.07, 6.45) is 1.01. The zero-order chi connectivity index (χ0) is 22.7. The van der Waals surface area contributed by atoms with E-state index in [0.717, 1.165) is 54.2 Å². The first-order chi connectivity index (χ1) is 15.5. The number of amides is 1. The Morgan fingerprint density at radius 2 is 1.88 bits per heavy atom. The van der Waals surface area contributed by atoms with Crippen molar-refractivity contribution in [1.29, 1.82) is 0 Å². The second-order valence-corrected chi connectivity index (χ2v) is 8.82. The summed E-state index contributed by atoms with van der Waals surface area (Å²) in [6.45, 7) is 6.80. The molecule has 1 atom stereocenters. The van der Waals surface area contributed by atoms with Crippen LogP contribution in [0.3, 0.4) is 0 Å². The molecule has 0 saturated carbocycles. The van der Waals surface area contributed by atoms with E-state index in [0.29, 0.717) is 25.2 Å². The molecule has 1 aliphatic rings. The Bertz CT molecular complexity index is 1090. The van der Waals surface area contributed by atoms with E-state index in [4.69, 9.17) is 17.3 Å². The average molecular weight is 455 g/mol. The number of primary amides is 1. The summed E-state index contributed by atoms with van der Waals surface area (Å²) in [5.41, 5.74) is 9.31. The molecule has 32 heavy (non-hydrogen) atoms. The van der Waals surface area contributed by atoms with Crippen LogP contribution in [0.25, 0.3) is 10.9 Å². The van der Waals surface area contributed by atoms with E-state index >= 15 is 0 Å². The number of aryl methyl sites for hydroxylation is 2. The molecular formula is C25H31ClN4O2. The van der Waals surface area contributed by atoms with E-state index in [2.05, 4.69) is 34.9 Å². The number of nitrogens with two attached hydrogens (primary N) is 1. The molecule has 1 saturated heterocycles. The number of halogens is 1. The Balaban J connectivity index is 1.33. The van der Waals surface area contributed by atoms with Crippen LogP contribution < -0.4 is 10.6 Å². The van der Waals surface area contributed by atoms with Crippen molar-refractivity contribution in [1.82, 2.24) is 9.47 Å². The molecule has 1 aliphatic heterocycles. The number of rotatable bonds is 8. The van der Waals surface area contributed by atoms with Gasteiger partial charge in [0.25, 0.3) is 5.91 Å². The van der Waals surface area contributed by atoms with Crippen molar-refractivity contribution in [2.45, 2.75) is 32.4 Å². The molecule has 2 heterocycles. The van der Waals surface area contributed by atoms with Gasteiger partial charge in [-0.15, -0.1) is 0 Å². The lowest BCUT2D eigenvalue weighted by Crippen LogP contribution is -2.48. The summed E-state index contributed by atoms with van der Waals surface area (Å²) in [6, 6.07) is 15.9. The van der Waals surface area contributed by atoms with Gasteiger partial charge < -0.3 is 20.3 Å². The first-order valence-corrected chi connectivity index (χ1v) is 11.7. The molecule has 3 N–H and O–H groups in total. The fourth-order valence-electron chi connectivity index (χ4n) is 4.58. The van der Waals surface area contributed by atoms with Crippen LogP contribution in [-0.4, -0.2) is 59.3 Å². The highest BCUT2D eigenvalue weighted by molar-refractivity contribution is 6.34. The predicted molar refractivity (Wildman–Crippen MR) is 131 cm³/mol. The number of hydrogen-bond acceptors (Lipinski definition) is 4. The van der Waals surface area contributed by atoms with E-state index in [1.807, 2.05) is 34.9 Å². The molecule has 0 radical (unpaired) electrons. The molecule has 2 aromatic carbocycles. The zero-order valence-corrected chi connectivity index (χ0v) is 19.3. The number of carbonyl (C=O) groups excluding carboxylic acids is 1. The maximum absolute atomic E-state index is 11.9. The molecule has 1 amide bonds. The molecule has 1 aromatic heterocycles. The van der Waals surface area contributed by atoms with Gasteiger partial charge in [-0.25, -0.2) is 0 Å². The molecular weight excluding hydrogens is 424 g/mol. The summed E-state index contributed by atoms with van der Waals surface area (Å²) in [7, 11) is 0. The highest BCUT2D eigenvalue weighted by Gasteiger charge is 2.22. The van der Waals surface area contributed by atoms with Gasteiger partial charge in [0.15, 0.2) is 0 Å². The molecule has 1 fully saturated rings. The Kier molecular flexibility index (Phi) is 7.04. The normalized spacial score (nSPS) is 15.9. The SMILES string of the molecule is CCc1cccc(N2CCN(CC(O)CCn3c(C(N)=O)cc4ccccc43)CC2)c1Cl. The summed E-state index contributed by atoms with van der Waals surface area (Å²) in [5, 5.41) is 12.5. The first-order valence-electron chi connectivity index (χ1n) is 11.3. The molecule has 0 aliphatic carbocycles.